The highest BCUT2D eigenvalue weighted by Crippen LogP contribution is 2.50. The van der Waals surface area contributed by atoms with Gasteiger partial charge in [-0.15, -0.1) is 13.2 Å². The summed E-state index contributed by atoms with van der Waals surface area (Å²) >= 11 is 0. The van der Waals surface area contributed by atoms with Crippen molar-refractivity contribution in [3.63, 3.8) is 0 Å². The minimum atomic E-state index is -4.89. The zero-order valence-corrected chi connectivity index (χ0v) is 22.3. The molecule has 5 rings (SSSR count). The van der Waals surface area contributed by atoms with Crippen LogP contribution in [0.5, 0.6) is 17.2 Å². The molecule has 1 saturated carbocycles. The number of aliphatic hydroxyl groups is 1. The molecule has 4 atom stereocenters. The number of hydrogen-bond acceptors (Lipinski definition) is 6. The van der Waals surface area contributed by atoms with E-state index >= 15 is 0 Å². The van der Waals surface area contributed by atoms with Gasteiger partial charge in [0.1, 0.15) is 15.7 Å². The number of nitrogens with one attached hydrogen (secondary N) is 1. The molecule has 3 aromatic carbocycles. The van der Waals surface area contributed by atoms with Gasteiger partial charge in [0.05, 0.1) is 34.0 Å². The Morgan fingerprint density at radius 3 is 2.32 bits per heavy atom. The van der Waals surface area contributed by atoms with E-state index in [1.807, 2.05) is 0 Å². The van der Waals surface area contributed by atoms with Crippen molar-refractivity contribution in [1.82, 2.24) is 4.72 Å². The number of nitrogens with zero attached hydrogens (tertiary/aromatic N) is 2. The van der Waals surface area contributed by atoms with Crippen LogP contribution in [0.3, 0.4) is 0 Å². The van der Waals surface area contributed by atoms with E-state index in [9.17, 15) is 35.7 Å². The second-order valence-corrected chi connectivity index (χ2v) is 11.7. The van der Waals surface area contributed by atoms with E-state index in [1.54, 1.807) is 29.2 Å². The van der Waals surface area contributed by atoms with Crippen LogP contribution in [0.4, 0.5) is 37.7 Å². The van der Waals surface area contributed by atoms with E-state index in [1.165, 1.54) is 25.2 Å². The van der Waals surface area contributed by atoms with E-state index in [4.69, 9.17) is 4.74 Å². The summed E-state index contributed by atoms with van der Waals surface area (Å²) < 4.78 is 109. The quantitative estimate of drug-likeness (QED) is 0.315. The molecule has 7 nitrogen and oxygen atoms in total. The van der Waals surface area contributed by atoms with Crippen molar-refractivity contribution in [3.05, 3.63) is 72.3 Å². The summed E-state index contributed by atoms with van der Waals surface area (Å²) in [5, 5.41) is 11.6. The number of ether oxygens (including phenoxy) is 2. The van der Waals surface area contributed by atoms with Gasteiger partial charge in [-0.05, 0) is 73.9 Å². The first kappa shape index (κ1) is 29.0. The van der Waals surface area contributed by atoms with E-state index < -0.39 is 52.0 Å². The summed E-state index contributed by atoms with van der Waals surface area (Å²) in [6, 6.07) is 12.7. The van der Waals surface area contributed by atoms with E-state index in [-0.39, 0.29) is 16.3 Å². The van der Waals surface area contributed by atoms with Crippen molar-refractivity contribution < 1.29 is 45.1 Å². The fourth-order valence-electron chi connectivity index (χ4n) is 5.14. The molecule has 1 aliphatic carbocycles. The molecule has 0 amide bonds. The second-order valence-electron chi connectivity index (χ2n) is 9.56. The van der Waals surface area contributed by atoms with Gasteiger partial charge >= 0.3 is 12.5 Å². The Labute approximate surface area is 232 Å². The van der Waals surface area contributed by atoms with Crippen LogP contribution in [0.15, 0.2) is 76.0 Å². The van der Waals surface area contributed by atoms with Crippen molar-refractivity contribution >= 4 is 21.3 Å². The molecule has 0 spiro atoms. The highest BCUT2D eigenvalue weighted by atomic mass is 32.2. The zero-order valence-electron chi connectivity index (χ0n) is 21.4. The largest absolute Gasteiger partial charge is 0.573 e. The molecular weight excluding hydrogens is 576 g/mol. The normalized spacial score (nSPS) is 22.1. The number of aliphatic hydroxyl groups excluding tert-OH is 1. The average molecular weight is 602 g/mol. The smallest absolute Gasteiger partial charge is 0.453 e. The lowest BCUT2D eigenvalue weighted by Crippen LogP contribution is -2.56. The molecule has 41 heavy (non-hydrogen) atoms. The lowest BCUT2D eigenvalue weighted by Gasteiger charge is -2.45. The molecule has 3 aromatic rings. The summed E-state index contributed by atoms with van der Waals surface area (Å²) in [6.07, 6.45) is -9.45. The van der Waals surface area contributed by atoms with Crippen LogP contribution in [0.25, 0.3) is 0 Å². The number of para-hydroxylation sites is 2. The predicted molar refractivity (Wildman–Crippen MR) is 139 cm³/mol. The van der Waals surface area contributed by atoms with Crippen molar-refractivity contribution in [2.45, 2.75) is 54.9 Å². The monoisotopic (exact) mass is 601 g/mol. The predicted octanol–water partition coefficient (Wildman–Crippen LogP) is 6.79. The van der Waals surface area contributed by atoms with Crippen molar-refractivity contribution in [3.8, 4) is 17.2 Å². The summed E-state index contributed by atoms with van der Waals surface area (Å²) in [5.41, 5.74) is -0.287. The standard InChI is InChI=1S/C27H25F6N3O4S/c1-34-41(38,18-12-10-17(11-13-18)40-27(31,32)33)35-19-5-4-7-21(25(19)37)36-20-6-2-3-8-23(20)39-24-14-9-16(15-22(24)36)26(28,29)30/h2-3,6,8-15,19,21,25,37H,4-5,7H2,1H3,(H,34,35,38). The molecule has 0 saturated heterocycles. The topological polar surface area (TPSA) is 83.4 Å². The van der Waals surface area contributed by atoms with Gasteiger partial charge in [-0.1, -0.05) is 12.1 Å². The Bertz CT molecular complexity index is 1540. The van der Waals surface area contributed by atoms with Crippen LogP contribution >= 0.6 is 0 Å². The second kappa shape index (κ2) is 10.7. The minimum absolute atomic E-state index is 0.0701. The molecule has 1 aliphatic heterocycles. The van der Waals surface area contributed by atoms with Gasteiger partial charge in [-0.25, -0.2) is 13.3 Å². The Hall–Kier alpha value is -3.49. The molecule has 1 fully saturated rings. The van der Waals surface area contributed by atoms with Gasteiger partial charge < -0.3 is 19.5 Å². The number of rotatable bonds is 5. The third kappa shape index (κ3) is 5.95. The molecule has 220 valence electrons. The number of benzene rings is 3. The summed E-state index contributed by atoms with van der Waals surface area (Å²) in [6.45, 7) is 0. The van der Waals surface area contributed by atoms with Crippen molar-refractivity contribution in [1.29, 1.82) is 0 Å². The van der Waals surface area contributed by atoms with Gasteiger partial charge in [-0.3, -0.25) is 0 Å². The van der Waals surface area contributed by atoms with Gasteiger partial charge in [0.25, 0.3) is 0 Å². The van der Waals surface area contributed by atoms with Crippen molar-refractivity contribution in [2.24, 2.45) is 4.36 Å². The molecule has 0 aromatic heterocycles. The van der Waals surface area contributed by atoms with Crippen LogP contribution < -0.4 is 19.1 Å². The van der Waals surface area contributed by atoms with Crippen LogP contribution in [-0.4, -0.2) is 40.9 Å². The molecule has 0 bridgehead atoms. The third-order valence-corrected chi connectivity index (χ3v) is 9.04. The first-order chi connectivity index (χ1) is 19.3. The summed E-state index contributed by atoms with van der Waals surface area (Å²) in [7, 11) is -2.14. The number of fused-ring (bicyclic) bond motifs is 2. The lowest BCUT2D eigenvalue weighted by molar-refractivity contribution is -0.274. The number of hydrogen-bond donors (Lipinski definition) is 2. The maximum Gasteiger partial charge on any atom is 0.573 e. The van der Waals surface area contributed by atoms with Gasteiger partial charge in [0, 0.05) is 13.1 Å². The molecule has 0 radical (unpaired) electrons. The maximum atomic E-state index is 13.8. The minimum Gasteiger partial charge on any atom is -0.453 e. The van der Waals surface area contributed by atoms with E-state index in [2.05, 4.69) is 13.8 Å². The van der Waals surface area contributed by atoms with E-state index in [0.717, 1.165) is 24.3 Å². The summed E-state index contributed by atoms with van der Waals surface area (Å²) in [4.78, 5) is 1.69. The molecule has 2 N–H and O–H groups in total. The zero-order chi connectivity index (χ0) is 29.6. The fraction of sp³-hybridized carbons (Fsp3) is 0.333. The van der Waals surface area contributed by atoms with Crippen LogP contribution in [-0.2, 0) is 16.1 Å². The molecule has 14 heteroatoms. The molecule has 4 unspecified atom stereocenters. The van der Waals surface area contributed by atoms with E-state index in [0.29, 0.717) is 30.7 Å². The first-order valence-electron chi connectivity index (χ1n) is 12.5. The average Bonchev–Trinajstić information content (AvgIpc) is 2.92. The number of anilines is 2. The number of halogens is 6. The van der Waals surface area contributed by atoms with Crippen molar-refractivity contribution in [2.75, 3.05) is 11.9 Å². The highest BCUT2D eigenvalue weighted by molar-refractivity contribution is 7.91. The Morgan fingerprint density at radius 1 is 0.976 bits per heavy atom. The van der Waals surface area contributed by atoms with Gasteiger partial charge in [-0.2, -0.15) is 13.2 Å². The Morgan fingerprint density at radius 2 is 1.66 bits per heavy atom. The fourth-order valence-corrected chi connectivity index (χ4v) is 6.77. The highest BCUT2D eigenvalue weighted by Gasteiger charge is 2.42. The molecular formula is C27H25F6N3O4S. The Balaban J connectivity index is 1.46. The first-order valence-corrected chi connectivity index (χ1v) is 14.0. The maximum absolute atomic E-state index is 13.8. The third-order valence-electron chi connectivity index (χ3n) is 6.99. The SMILES string of the molecule is CN=S(=O)(NC1CCCC(N2c3ccccc3Oc3ccc(C(F)(F)F)cc32)C1O)c1ccc(OC(F)(F)F)cc1. The lowest BCUT2D eigenvalue weighted by atomic mass is 9.86. The van der Waals surface area contributed by atoms with Gasteiger partial charge in [0.2, 0.25) is 0 Å². The summed E-state index contributed by atoms with van der Waals surface area (Å²) in [5.74, 6) is 0.0859. The van der Waals surface area contributed by atoms with Crippen LogP contribution in [0, 0.1) is 0 Å². The number of alkyl halides is 6. The Kier molecular flexibility index (Phi) is 7.59. The van der Waals surface area contributed by atoms with Gasteiger partial charge in [0.15, 0.2) is 11.5 Å². The molecule has 1 heterocycles. The van der Waals surface area contributed by atoms with Crippen LogP contribution in [0.1, 0.15) is 24.8 Å². The molecule has 2 aliphatic rings. The van der Waals surface area contributed by atoms with Crippen LogP contribution in [0.2, 0.25) is 0 Å².